The Balaban J connectivity index is 0.00000200. The Morgan fingerprint density at radius 3 is 2.15 bits per heavy atom. The van der Waals surface area contributed by atoms with Gasteiger partial charge in [0.25, 0.3) is 0 Å². The highest BCUT2D eigenvalue weighted by Crippen LogP contribution is 2.24. The third-order valence-electron chi connectivity index (χ3n) is 2.72. The van der Waals surface area contributed by atoms with Gasteiger partial charge in [-0.25, -0.2) is 30.7 Å². The van der Waals surface area contributed by atoms with Crippen LogP contribution in [0, 0.1) is 23.3 Å². The third-order valence-corrected chi connectivity index (χ3v) is 4.26. The molecular formula is C10H11ClF4N2O2S. The van der Waals surface area contributed by atoms with Crippen LogP contribution in [0.15, 0.2) is 11.0 Å². The topological polar surface area (TPSA) is 58.2 Å². The van der Waals surface area contributed by atoms with E-state index >= 15 is 0 Å². The lowest BCUT2D eigenvalue weighted by molar-refractivity contribution is 0.417. The molecule has 0 spiro atoms. The van der Waals surface area contributed by atoms with Crippen molar-refractivity contribution in [2.75, 3.05) is 13.1 Å². The Morgan fingerprint density at radius 1 is 1.15 bits per heavy atom. The molecule has 1 saturated heterocycles. The number of nitrogens with one attached hydrogen (secondary N) is 2. The average molecular weight is 335 g/mol. The second-order valence-corrected chi connectivity index (χ2v) is 5.76. The number of hydrogen-bond donors (Lipinski definition) is 2. The van der Waals surface area contributed by atoms with Crippen molar-refractivity contribution in [2.24, 2.45) is 0 Å². The smallest absolute Gasteiger partial charge is 0.246 e. The largest absolute Gasteiger partial charge is 0.315 e. The lowest BCUT2D eigenvalue weighted by atomic mass is 10.3. The molecule has 0 saturated carbocycles. The van der Waals surface area contributed by atoms with E-state index in [0.717, 1.165) is 0 Å². The average Bonchev–Trinajstić information content (AvgIpc) is 2.78. The lowest BCUT2D eigenvalue weighted by Gasteiger charge is -2.13. The van der Waals surface area contributed by atoms with Crippen LogP contribution in [0.1, 0.15) is 6.42 Å². The van der Waals surface area contributed by atoms with E-state index in [2.05, 4.69) is 5.32 Å². The summed E-state index contributed by atoms with van der Waals surface area (Å²) >= 11 is 0. The fourth-order valence-electron chi connectivity index (χ4n) is 1.82. The number of hydrogen-bond acceptors (Lipinski definition) is 3. The molecule has 10 heteroatoms. The highest BCUT2D eigenvalue weighted by Gasteiger charge is 2.32. The summed E-state index contributed by atoms with van der Waals surface area (Å²) in [5.74, 6) is -7.39. The van der Waals surface area contributed by atoms with E-state index in [-0.39, 0.29) is 25.0 Å². The summed E-state index contributed by atoms with van der Waals surface area (Å²) in [7, 11) is -4.67. The molecule has 1 aliphatic rings. The van der Waals surface area contributed by atoms with Gasteiger partial charge in [0.15, 0.2) is 28.2 Å². The maximum atomic E-state index is 13.4. The zero-order valence-electron chi connectivity index (χ0n) is 9.92. The molecule has 0 amide bonds. The summed E-state index contributed by atoms with van der Waals surface area (Å²) in [6.45, 7) is 0.815. The van der Waals surface area contributed by atoms with Crippen molar-refractivity contribution in [1.82, 2.24) is 10.0 Å². The van der Waals surface area contributed by atoms with Crippen LogP contribution in [0.5, 0.6) is 0 Å². The molecule has 4 nitrogen and oxygen atoms in total. The first-order valence-electron chi connectivity index (χ1n) is 5.39. The van der Waals surface area contributed by atoms with Crippen LogP contribution < -0.4 is 10.0 Å². The Kier molecular flexibility index (Phi) is 5.36. The van der Waals surface area contributed by atoms with Crippen LogP contribution in [0.3, 0.4) is 0 Å². The molecule has 2 N–H and O–H groups in total. The normalized spacial score (nSPS) is 18.9. The fourth-order valence-corrected chi connectivity index (χ4v) is 3.25. The third kappa shape index (κ3) is 3.22. The molecule has 0 aromatic heterocycles. The van der Waals surface area contributed by atoms with Gasteiger partial charge < -0.3 is 5.32 Å². The van der Waals surface area contributed by atoms with Gasteiger partial charge in [-0.2, -0.15) is 0 Å². The minimum atomic E-state index is -4.67. The van der Waals surface area contributed by atoms with Gasteiger partial charge in [-0.1, -0.05) is 0 Å². The number of sulfonamides is 1. The summed E-state index contributed by atoms with van der Waals surface area (Å²) in [4.78, 5) is -1.63. The Hall–Kier alpha value is -0.900. The molecule has 1 aliphatic heterocycles. The predicted octanol–water partition coefficient (Wildman–Crippen LogP) is 1.31. The van der Waals surface area contributed by atoms with Crippen molar-refractivity contribution in [2.45, 2.75) is 17.4 Å². The molecule has 20 heavy (non-hydrogen) atoms. The van der Waals surface area contributed by atoms with Crippen molar-refractivity contribution in [3.05, 3.63) is 29.3 Å². The molecule has 114 valence electrons. The highest BCUT2D eigenvalue weighted by atomic mass is 35.5. The van der Waals surface area contributed by atoms with E-state index in [0.29, 0.717) is 13.0 Å². The summed E-state index contributed by atoms with van der Waals surface area (Å²) < 4.78 is 78.3. The van der Waals surface area contributed by atoms with Crippen molar-refractivity contribution in [1.29, 1.82) is 0 Å². The van der Waals surface area contributed by atoms with Crippen molar-refractivity contribution in [3.63, 3.8) is 0 Å². The number of halogens is 5. The highest BCUT2D eigenvalue weighted by molar-refractivity contribution is 7.89. The van der Waals surface area contributed by atoms with Gasteiger partial charge in [0.1, 0.15) is 0 Å². The zero-order chi connectivity index (χ0) is 14.2. The van der Waals surface area contributed by atoms with E-state index in [4.69, 9.17) is 0 Å². The van der Waals surface area contributed by atoms with Crippen LogP contribution in [-0.4, -0.2) is 27.5 Å². The molecule has 1 fully saturated rings. The van der Waals surface area contributed by atoms with Crippen LogP contribution in [-0.2, 0) is 10.0 Å². The monoisotopic (exact) mass is 334 g/mol. The molecule has 1 aromatic carbocycles. The maximum Gasteiger partial charge on any atom is 0.246 e. The second kappa shape index (κ2) is 6.25. The van der Waals surface area contributed by atoms with Gasteiger partial charge in [0.05, 0.1) is 0 Å². The van der Waals surface area contributed by atoms with Crippen LogP contribution in [0.4, 0.5) is 17.6 Å². The lowest BCUT2D eigenvalue weighted by Crippen LogP contribution is -2.37. The van der Waals surface area contributed by atoms with Gasteiger partial charge in [0.2, 0.25) is 10.0 Å². The van der Waals surface area contributed by atoms with Gasteiger partial charge in [-0.3, -0.25) is 0 Å². The SMILES string of the molecule is Cl.O=S(=O)(NC1CCNC1)c1c(F)c(F)cc(F)c1F. The second-order valence-electron chi connectivity index (χ2n) is 4.11. The van der Waals surface area contributed by atoms with Gasteiger partial charge in [-0.05, 0) is 13.0 Å². The van der Waals surface area contributed by atoms with E-state index < -0.39 is 44.2 Å². The molecular weight excluding hydrogens is 324 g/mol. The summed E-state index contributed by atoms with van der Waals surface area (Å²) in [6.07, 6.45) is 0.417. The van der Waals surface area contributed by atoms with Gasteiger partial charge in [0, 0.05) is 18.7 Å². The van der Waals surface area contributed by atoms with Crippen LogP contribution in [0.2, 0.25) is 0 Å². The summed E-state index contributed by atoms with van der Waals surface area (Å²) in [6, 6.07) is -0.615. The van der Waals surface area contributed by atoms with E-state index in [1.807, 2.05) is 4.72 Å². The molecule has 1 atom stereocenters. The molecule has 1 unspecified atom stereocenters. The molecule has 1 aromatic rings. The molecule has 0 bridgehead atoms. The van der Waals surface area contributed by atoms with Crippen LogP contribution in [0.25, 0.3) is 0 Å². The quantitative estimate of drug-likeness (QED) is 0.647. The van der Waals surface area contributed by atoms with E-state index in [9.17, 15) is 26.0 Å². The maximum absolute atomic E-state index is 13.4. The van der Waals surface area contributed by atoms with Crippen LogP contribution >= 0.6 is 12.4 Å². The van der Waals surface area contributed by atoms with E-state index in [1.165, 1.54) is 0 Å². The summed E-state index contributed by atoms with van der Waals surface area (Å²) in [5.41, 5.74) is 0. The Bertz CT molecular complexity index is 580. The van der Waals surface area contributed by atoms with Gasteiger partial charge >= 0.3 is 0 Å². The minimum absolute atomic E-state index is 0. The Labute approximate surface area is 119 Å². The number of benzene rings is 1. The molecule has 0 aliphatic carbocycles. The fraction of sp³-hybridized carbons (Fsp3) is 0.400. The zero-order valence-corrected chi connectivity index (χ0v) is 11.6. The van der Waals surface area contributed by atoms with Crippen molar-refractivity contribution >= 4 is 22.4 Å². The first kappa shape index (κ1) is 17.2. The van der Waals surface area contributed by atoms with Gasteiger partial charge in [-0.15, -0.1) is 12.4 Å². The van der Waals surface area contributed by atoms with Crippen molar-refractivity contribution < 1.29 is 26.0 Å². The molecule has 2 rings (SSSR count). The predicted molar refractivity (Wildman–Crippen MR) is 65.1 cm³/mol. The first-order valence-corrected chi connectivity index (χ1v) is 6.87. The minimum Gasteiger partial charge on any atom is -0.315 e. The molecule has 0 radical (unpaired) electrons. The Morgan fingerprint density at radius 2 is 1.70 bits per heavy atom. The first-order chi connectivity index (χ1) is 8.83. The number of rotatable bonds is 3. The van der Waals surface area contributed by atoms with Crippen molar-refractivity contribution in [3.8, 4) is 0 Å². The standard InChI is InChI=1S/C10H10F4N2O2S.ClH/c11-6-3-7(12)9(14)10(8(6)13)19(17,18)16-5-1-2-15-4-5;/h3,5,15-16H,1-2,4H2;1H. The summed E-state index contributed by atoms with van der Waals surface area (Å²) in [5, 5.41) is 2.84. The molecule has 1 heterocycles. The van der Waals surface area contributed by atoms with E-state index in [1.54, 1.807) is 0 Å².